The summed E-state index contributed by atoms with van der Waals surface area (Å²) in [5, 5.41) is 0.699. The number of unbranched alkanes of at least 4 members (excludes halogenated alkanes) is 1. The number of hydrogen-bond donors (Lipinski definition) is 1. The first-order chi connectivity index (χ1) is 16.2. The molecule has 0 bridgehead atoms. The van der Waals surface area contributed by atoms with Gasteiger partial charge in [0, 0.05) is 31.3 Å². The molecule has 0 aliphatic carbocycles. The molecule has 1 heterocycles. The topological polar surface area (TPSA) is 131 Å². The van der Waals surface area contributed by atoms with Gasteiger partial charge in [0.05, 0.1) is 0 Å². The Morgan fingerprint density at radius 2 is 1.74 bits per heavy atom. The number of ether oxygens (including phenoxy) is 4. The Kier molecular flexibility index (Phi) is 12.3. The largest absolute Gasteiger partial charge is 0.462 e. The molecule has 2 rings (SSSR count). The van der Waals surface area contributed by atoms with Crippen LogP contribution in [0.2, 0.25) is 0 Å². The first-order valence-corrected chi connectivity index (χ1v) is 13.5. The fourth-order valence-corrected chi connectivity index (χ4v) is 6.20. The number of carbonyl (C=O) groups is 4. The second-order valence-electron chi connectivity index (χ2n) is 7.74. The number of rotatable bonds is 13. The zero-order valence-corrected chi connectivity index (χ0v) is 21.0. The predicted octanol–water partition coefficient (Wildman–Crippen LogP) is 3.21. The van der Waals surface area contributed by atoms with Gasteiger partial charge >= 0.3 is 23.9 Å². The maximum absolute atomic E-state index is 12.2. The van der Waals surface area contributed by atoms with Crippen molar-refractivity contribution in [3.63, 3.8) is 0 Å². The first-order valence-electron chi connectivity index (χ1n) is 11.1. The second kappa shape index (κ2) is 14.9. The number of nitrogens with two attached hydrogens (primary N) is 1. The lowest BCUT2D eigenvalue weighted by molar-refractivity contribution is -0.153. The highest BCUT2D eigenvalue weighted by Crippen LogP contribution is 2.39. The molecular weight excluding hydrogens is 482 g/mol. The Morgan fingerprint density at radius 3 is 2.41 bits per heavy atom. The fraction of sp³-hybridized carbons (Fsp3) is 0.565. The Bertz CT molecular complexity index is 857. The minimum Gasteiger partial charge on any atom is -0.462 e. The molecular formula is C23H31NO8S2. The summed E-state index contributed by atoms with van der Waals surface area (Å²) >= 11 is 0. The van der Waals surface area contributed by atoms with Crippen molar-refractivity contribution in [2.75, 3.05) is 19.0 Å². The van der Waals surface area contributed by atoms with E-state index in [4.69, 9.17) is 24.7 Å². The summed E-state index contributed by atoms with van der Waals surface area (Å²) < 4.78 is 20.3. The van der Waals surface area contributed by atoms with E-state index in [2.05, 4.69) is 0 Å². The lowest BCUT2D eigenvalue weighted by atomic mass is 10.1. The van der Waals surface area contributed by atoms with Crippen molar-refractivity contribution in [1.29, 1.82) is 0 Å². The normalized spacial score (nSPS) is 15.9. The molecule has 2 atom stereocenters. The number of hydrogen-bond acceptors (Lipinski definition) is 11. The van der Waals surface area contributed by atoms with Gasteiger partial charge in [-0.05, 0) is 43.4 Å². The molecule has 1 aliphatic heterocycles. The van der Waals surface area contributed by atoms with Gasteiger partial charge in [0.2, 0.25) is 0 Å². The van der Waals surface area contributed by atoms with Gasteiger partial charge in [-0.2, -0.15) is 0 Å². The summed E-state index contributed by atoms with van der Waals surface area (Å²) in [6, 6.07) is 3.55. The monoisotopic (exact) mass is 513 g/mol. The molecule has 0 radical (unpaired) electrons. The smallest absolute Gasteiger partial charge is 0.323 e. The lowest BCUT2D eigenvalue weighted by Gasteiger charge is -2.14. The standard InChI is InChI=1S/C23H31NO8S2/c1-15(25)31-20-8-7-17(14-21(20)32-16(2)26)13-19(24)23(28)30-11-10-29-22(27)6-4-3-5-18-9-12-33-34-18/h7-8,14,18-19H,3-6,9-13,24H2,1-2H3/t18?,19-/m0/s1. The van der Waals surface area contributed by atoms with E-state index >= 15 is 0 Å². The van der Waals surface area contributed by atoms with Crippen molar-refractivity contribution in [3.05, 3.63) is 23.8 Å². The van der Waals surface area contributed by atoms with Crippen molar-refractivity contribution in [2.45, 2.75) is 63.7 Å². The molecule has 1 aliphatic rings. The minimum atomic E-state index is -0.980. The van der Waals surface area contributed by atoms with Crippen LogP contribution in [0.15, 0.2) is 18.2 Å². The van der Waals surface area contributed by atoms with Gasteiger partial charge in [0.15, 0.2) is 11.5 Å². The van der Waals surface area contributed by atoms with E-state index in [0.717, 1.165) is 19.3 Å². The third kappa shape index (κ3) is 10.8. The highest BCUT2D eigenvalue weighted by atomic mass is 33.1. The first kappa shape index (κ1) is 28.0. The summed E-state index contributed by atoms with van der Waals surface area (Å²) in [7, 11) is 3.84. The van der Waals surface area contributed by atoms with E-state index in [1.54, 1.807) is 6.07 Å². The predicted molar refractivity (Wildman–Crippen MR) is 130 cm³/mol. The van der Waals surface area contributed by atoms with Crippen LogP contribution in [0, 0.1) is 0 Å². The van der Waals surface area contributed by atoms with Crippen molar-refractivity contribution >= 4 is 45.5 Å². The molecule has 1 aromatic rings. The number of esters is 4. The molecule has 1 fully saturated rings. The average molecular weight is 514 g/mol. The van der Waals surface area contributed by atoms with Crippen LogP contribution in [0.4, 0.5) is 0 Å². The van der Waals surface area contributed by atoms with Gasteiger partial charge in [0.25, 0.3) is 0 Å². The van der Waals surface area contributed by atoms with E-state index in [9.17, 15) is 19.2 Å². The summed E-state index contributed by atoms with van der Waals surface area (Å²) in [4.78, 5) is 46.5. The number of carbonyl (C=O) groups excluding carboxylic acids is 4. The summed E-state index contributed by atoms with van der Waals surface area (Å²) in [5.41, 5.74) is 6.50. The third-order valence-corrected chi connectivity index (χ3v) is 7.76. The van der Waals surface area contributed by atoms with Crippen molar-refractivity contribution in [1.82, 2.24) is 0 Å². The number of benzene rings is 1. The molecule has 0 spiro atoms. The Hall–Kier alpha value is -2.24. The van der Waals surface area contributed by atoms with Crippen LogP contribution >= 0.6 is 21.6 Å². The molecule has 0 aromatic heterocycles. The third-order valence-electron chi connectivity index (χ3n) is 4.75. The molecule has 0 amide bonds. The molecule has 9 nitrogen and oxygen atoms in total. The minimum absolute atomic E-state index is 0.0277. The summed E-state index contributed by atoms with van der Waals surface area (Å²) in [6.07, 6.45) is 4.60. The molecule has 34 heavy (non-hydrogen) atoms. The fourth-order valence-electron chi connectivity index (χ4n) is 3.17. The highest BCUT2D eigenvalue weighted by molar-refractivity contribution is 8.77. The Morgan fingerprint density at radius 1 is 1.03 bits per heavy atom. The summed E-state index contributed by atoms with van der Waals surface area (Å²) in [6.45, 7) is 2.33. The van der Waals surface area contributed by atoms with Gasteiger partial charge in [-0.25, -0.2) is 0 Å². The van der Waals surface area contributed by atoms with E-state index in [1.807, 2.05) is 21.6 Å². The van der Waals surface area contributed by atoms with Crippen LogP contribution < -0.4 is 15.2 Å². The van der Waals surface area contributed by atoms with Gasteiger partial charge in [-0.15, -0.1) is 0 Å². The van der Waals surface area contributed by atoms with Crippen LogP contribution in [0.25, 0.3) is 0 Å². The molecule has 11 heteroatoms. The van der Waals surface area contributed by atoms with E-state index in [-0.39, 0.29) is 37.1 Å². The molecule has 1 unspecified atom stereocenters. The summed E-state index contributed by atoms with van der Waals surface area (Å²) in [5.74, 6) is -0.771. The van der Waals surface area contributed by atoms with E-state index < -0.39 is 23.9 Å². The van der Waals surface area contributed by atoms with Gasteiger partial charge in [0.1, 0.15) is 19.3 Å². The van der Waals surface area contributed by atoms with Gasteiger partial charge in [-0.1, -0.05) is 34.1 Å². The quantitative estimate of drug-likeness (QED) is 0.180. The molecule has 1 saturated heterocycles. The van der Waals surface area contributed by atoms with Crippen LogP contribution in [-0.4, -0.2) is 54.1 Å². The highest BCUT2D eigenvalue weighted by Gasteiger charge is 2.19. The molecule has 0 saturated carbocycles. The zero-order valence-electron chi connectivity index (χ0n) is 19.4. The Labute approximate surface area is 207 Å². The van der Waals surface area contributed by atoms with Crippen molar-refractivity contribution in [2.24, 2.45) is 5.73 Å². The zero-order chi connectivity index (χ0) is 24.9. The van der Waals surface area contributed by atoms with Crippen molar-refractivity contribution < 1.29 is 38.1 Å². The molecule has 2 N–H and O–H groups in total. The molecule has 1 aromatic carbocycles. The second-order valence-corrected chi connectivity index (χ2v) is 10.5. The van der Waals surface area contributed by atoms with E-state index in [1.165, 1.54) is 38.2 Å². The van der Waals surface area contributed by atoms with Crippen LogP contribution in [-0.2, 0) is 35.1 Å². The Balaban J connectivity index is 1.68. The maximum atomic E-state index is 12.2. The maximum Gasteiger partial charge on any atom is 0.323 e. The van der Waals surface area contributed by atoms with Gasteiger partial charge < -0.3 is 24.7 Å². The van der Waals surface area contributed by atoms with Gasteiger partial charge in [-0.3, -0.25) is 19.2 Å². The SMILES string of the molecule is CC(=O)Oc1ccc(C[C@H](N)C(=O)OCCOC(=O)CCCCC2CCSS2)cc1OC(C)=O. The van der Waals surface area contributed by atoms with Crippen LogP contribution in [0.3, 0.4) is 0 Å². The lowest BCUT2D eigenvalue weighted by Crippen LogP contribution is -2.35. The van der Waals surface area contributed by atoms with E-state index in [0.29, 0.717) is 17.2 Å². The molecule has 188 valence electrons. The van der Waals surface area contributed by atoms with Crippen molar-refractivity contribution in [3.8, 4) is 11.5 Å². The van der Waals surface area contributed by atoms with Crippen LogP contribution in [0.5, 0.6) is 11.5 Å². The van der Waals surface area contributed by atoms with Crippen LogP contribution in [0.1, 0.15) is 51.5 Å². The average Bonchev–Trinajstić information content (AvgIpc) is 3.29.